The molecule has 1 atom stereocenters. The monoisotopic (exact) mass is 310 g/mol. The molecule has 1 amide bonds. The van der Waals surface area contributed by atoms with Crippen LogP contribution in [-0.4, -0.2) is 20.8 Å². The number of para-hydroxylation sites is 2. The number of hydrogen-bond donors (Lipinski definition) is 2. The van der Waals surface area contributed by atoms with Gasteiger partial charge in [-0.2, -0.15) is 5.10 Å². The van der Waals surface area contributed by atoms with E-state index in [4.69, 9.17) is 0 Å². The molecule has 118 valence electrons. The Bertz CT molecular complexity index is 867. The summed E-state index contributed by atoms with van der Waals surface area (Å²) in [6.07, 6.45) is 1.59. The number of rotatable bonds is 2. The van der Waals surface area contributed by atoms with Gasteiger partial charge in [0.15, 0.2) is 11.4 Å². The number of carbonyl (C=O) groups excluding carboxylic acids is 1. The molecule has 0 saturated heterocycles. The minimum Gasteiger partial charge on any atom is -0.503 e. The van der Waals surface area contributed by atoms with Crippen molar-refractivity contribution in [2.75, 3.05) is 10.2 Å². The molecule has 1 unspecified atom stereocenters. The number of hydrogen-bond acceptors (Lipinski definition) is 4. The third-order valence-electron chi connectivity index (χ3n) is 4.65. The molecule has 0 bridgehead atoms. The Morgan fingerprint density at radius 3 is 2.74 bits per heavy atom. The Labute approximate surface area is 134 Å². The zero-order chi connectivity index (χ0) is 16.4. The standard InChI is InChI=1S/C17H18N4O2/c1-4-20-11(3)15(10(2)19-20)17-9-14(22)16(23)21(17)13-8-6-5-7-12(13)18-17/h5-9,18,22H,4H2,1-3H3. The maximum atomic E-state index is 12.6. The van der Waals surface area contributed by atoms with Gasteiger partial charge < -0.3 is 10.4 Å². The van der Waals surface area contributed by atoms with Crippen LogP contribution in [0.2, 0.25) is 0 Å². The Balaban J connectivity index is 2.00. The van der Waals surface area contributed by atoms with Crippen molar-refractivity contribution in [2.24, 2.45) is 0 Å². The summed E-state index contributed by atoms with van der Waals surface area (Å²) >= 11 is 0. The summed E-state index contributed by atoms with van der Waals surface area (Å²) in [5.74, 6) is -0.638. The van der Waals surface area contributed by atoms with Crippen molar-refractivity contribution in [1.82, 2.24) is 9.78 Å². The van der Waals surface area contributed by atoms with Gasteiger partial charge in [-0.25, -0.2) is 0 Å². The Hall–Kier alpha value is -2.76. The van der Waals surface area contributed by atoms with Crippen LogP contribution in [0.25, 0.3) is 0 Å². The number of carbonyl (C=O) groups is 1. The lowest BCUT2D eigenvalue weighted by molar-refractivity contribution is -0.117. The van der Waals surface area contributed by atoms with E-state index in [1.165, 1.54) is 0 Å². The minimum absolute atomic E-state index is 0.241. The normalized spacial score (nSPS) is 22.0. The lowest BCUT2D eigenvalue weighted by Gasteiger charge is -2.31. The van der Waals surface area contributed by atoms with E-state index in [-0.39, 0.29) is 5.76 Å². The van der Waals surface area contributed by atoms with Gasteiger partial charge in [0.25, 0.3) is 5.91 Å². The molecular formula is C17H18N4O2. The lowest BCUT2D eigenvalue weighted by Crippen LogP contribution is -2.46. The van der Waals surface area contributed by atoms with Gasteiger partial charge in [0.1, 0.15) is 0 Å². The summed E-state index contributed by atoms with van der Waals surface area (Å²) in [7, 11) is 0. The third-order valence-corrected chi connectivity index (χ3v) is 4.65. The molecule has 2 N–H and O–H groups in total. The Morgan fingerprint density at radius 2 is 2.04 bits per heavy atom. The first-order chi connectivity index (χ1) is 11.0. The van der Waals surface area contributed by atoms with Crippen LogP contribution >= 0.6 is 0 Å². The average Bonchev–Trinajstić information content (AvgIpc) is 3.08. The number of benzene rings is 1. The van der Waals surface area contributed by atoms with Crippen LogP contribution in [0.15, 0.2) is 36.1 Å². The van der Waals surface area contributed by atoms with Crippen molar-refractivity contribution in [3.63, 3.8) is 0 Å². The van der Waals surface area contributed by atoms with E-state index < -0.39 is 11.6 Å². The maximum Gasteiger partial charge on any atom is 0.295 e. The molecule has 1 aromatic heterocycles. The van der Waals surface area contributed by atoms with Crippen molar-refractivity contribution in [1.29, 1.82) is 0 Å². The van der Waals surface area contributed by atoms with Crippen LogP contribution in [0.3, 0.4) is 0 Å². The molecule has 6 heteroatoms. The van der Waals surface area contributed by atoms with Crippen LogP contribution in [0.4, 0.5) is 11.4 Å². The zero-order valence-corrected chi connectivity index (χ0v) is 13.3. The van der Waals surface area contributed by atoms with Gasteiger partial charge in [-0.05, 0) is 32.9 Å². The topological polar surface area (TPSA) is 70.4 Å². The molecule has 0 radical (unpaired) electrons. The van der Waals surface area contributed by atoms with Crippen LogP contribution in [0.5, 0.6) is 0 Å². The van der Waals surface area contributed by atoms with Gasteiger partial charge in [-0.15, -0.1) is 0 Å². The molecule has 4 rings (SSSR count). The highest BCUT2D eigenvalue weighted by molar-refractivity contribution is 6.13. The van der Waals surface area contributed by atoms with Gasteiger partial charge in [-0.1, -0.05) is 12.1 Å². The molecule has 1 aromatic carbocycles. The number of aliphatic hydroxyl groups excluding tert-OH is 1. The number of amides is 1. The van der Waals surface area contributed by atoms with Gasteiger partial charge >= 0.3 is 0 Å². The van der Waals surface area contributed by atoms with Gasteiger partial charge in [0, 0.05) is 23.9 Å². The number of aromatic nitrogens is 2. The molecule has 6 nitrogen and oxygen atoms in total. The van der Waals surface area contributed by atoms with Crippen molar-refractivity contribution >= 4 is 17.3 Å². The van der Waals surface area contributed by atoms with E-state index in [0.29, 0.717) is 0 Å². The summed E-state index contributed by atoms with van der Waals surface area (Å²) in [6.45, 7) is 6.70. The molecule has 3 heterocycles. The molecule has 0 aliphatic carbocycles. The fraction of sp³-hybridized carbons (Fsp3) is 0.294. The molecule has 2 aliphatic heterocycles. The van der Waals surface area contributed by atoms with Crippen LogP contribution < -0.4 is 10.2 Å². The first kappa shape index (κ1) is 13.9. The maximum absolute atomic E-state index is 12.6. The summed E-state index contributed by atoms with van der Waals surface area (Å²) in [4.78, 5) is 14.2. The zero-order valence-electron chi connectivity index (χ0n) is 13.3. The fourth-order valence-corrected chi connectivity index (χ4v) is 3.77. The molecule has 2 aliphatic rings. The van der Waals surface area contributed by atoms with Crippen molar-refractivity contribution in [3.05, 3.63) is 53.1 Å². The molecule has 23 heavy (non-hydrogen) atoms. The van der Waals surface area contributed by atoms with Crippen LogP contribution in [0.1, 0.15) is 23.9 Å². The minimum atomic E-state index is -0.910. The summed E-state index contributed by atoms with van der Waals surface area (Å²) < 4.78 is 1.91. The van der Waals surface area contributed by atoms with Gasteiger partial charge in [-0.3, -0.25) is 14.4 Å². The second-order valence-electron chi connectivity index (χ2n) is 5.94. The number of aryl methyl sites for hydroxylation is 2. The van der Waals surface area contributed by atoms with Crippen LogP contribution in [0, 0.1) is 13.8 Å². The molecule has 0 saturated carbocycles. The molecule has 0 spiro atoms. The van der Waals surface area contributed by atoms with E-state index in [9.17, 15) is 9.90 Å². The quantitative estimate of drug-likeness (QED) is 0.894. The van der Waals surface area contributed by atoms with Gasteiger partial charge in [0.2, 0.25) is 0 Å². The second kappa shape index (κ2) is 4.38. The number of nitrogens with zero attached hydrogens (tertiary/aromatic N) is 3. The fourth-order valence-electron chi connectivity index (χ4n) is 3.77. The highest BCUT2D eigenvalue weighted by atomic mass is 16.3. The van der Waals surface area contributed by atoms with E-state index in [0.717, 1.165) is 34.9 Å². The van der Waals surface area contributed by atoms with Gasteiger partial charge in [0.05, 0.1) is 17.1 Å². The smallest absolute Gasteiger partial charge is 0.295 e. The third kappa shape index (κ3) is 1.58. The SMILES string of the molecule is CCn1nc(C)c(C23C=C(O)C(=O)N2c2ccccc2N3)c1C. The molecular weight excluding hydrogens is 292 g/mol. The summed E-state index contributed by atoms with van der Waals surface area (Å²) in [6, 6.07) is 7.62. The first-order valence-electron chi connectivity index (χ1n) is 7.67. The summed E-state index contributed by atoms with van der Waals surface area (Å²) in [5, 5.41) is 18.1. The first-order valence-corrected chi connectivity index (χ1v) is 7.67. The largest absolute Gasteiger partial charge is 0.503 e. The average molecular weight is 310 g/mol. The predicted molar refractivity (Wildman–Crippen MR) is 87.3 cm³/mol. The van der Waals surface area contributed by atoms with Crippen molar-refractivity contribution in [3.8, 4) is 0 Å². The summed E-state index contributed by atoms with van der Waals surface area (Å²) in [5.41, 5.74) is 3.45. The highest BCUT2D eigenvalue weighted by Gasteiger charge is 2.54. The van der Waals surface area contributed by atoms with Crippen molar-refractivity contribution < 1.29 is 9.90 Å². The van der Waals surface area contributed by atoms with E-state index in [1.807, 2.05) is 49.7 Å². The van der Waals surface area contributed by atoms with E-state index in [2.05, 4.69) is 10.4 Å². The number of fused-ring (bicyclic) bond motifs is 3. The predicted octanol–water partition coefficient (Wildman–Crippen LogP) is 2.59. The molecule has 2 aromatic rings. The Kier molecular flexibility index (Phi) is 2.64. The van der Waals surface area contributed by atoms with Crippen LogP contribution in [-0.2, 0) is 17.0 Å². The molecule has 0 fully saturated rings. The van der Waals surface area contributed by atoms with E-state index >= 15 is 0 Å². The number of nitrogens with one attached hydrogen (secondary N) is 1. The highest BCUT2D eigenvalue weighted by Crippen LogP contribution is 2.51. The number of aliphatic hydroxyl groups is 1. The van der Waals surface area contributed by atoms with E-state index in [1.54, 1.807) is 11.0 Å². The van der Waals surface area contributed by atoms with Crippen molar-refractivity contribution in [2.45, 2.75) is 33.0 Å². The number of anilines is 2. The second-order valence-corrected chi connectivity index (χ2v) is 5.94. The lowest BCUT2D eigenvalue weighted by atomic mass is 9.97. The Morgan fingerprint density at radius 1 is 1.30 bits per heavy atom.